The molecule has 20 heavy (non-hydrogen) atoms. The zero-order valence-corrected chi connectivity index (χ0v) is 11.0. The van der Waals surface area contributed by atoms with Gasteiger partial charge in [-0.25, -0.2) is 9.97 Å². The van der Waals surface area contributed by atoms with Crippen LogP contribution in [0.5, 0.6) is 23.1 Å². The Morgan fingerprint density at radius 1 is 1.05 bits per heavy atom. The van der Waals surface area contributed by atoms with Gasteiger partial charge >= 0.3 is 0 Å². The maximum absolute atomic E-state index is 11.0. The molecule has 104 valence electrons. The highest BCUT2D eigenvalue weighted by atomic mass is 16.5. The summed E-state index contributed by atoms with van der Waals surface area (Å²) >= 11 is 0. The molecular weight excluding hydrogens is 262 g/mol. The lowest BCUT2D eigenvalue weighted by atomic mass is 10.3. The molecule has 2 N–H and O–H groups in total. The van der Waals surface area contributed by atoms with E-state index in [2.05, 4.69) is 9.97 Å². The van der Waals surface area contributed by atoms with Gasteiger partial charge in [-0.15, -0.1) is 0 Å². The lowest BCUT2D eigenvalue weighted by molar-refractivity contribution is 0.112. The molecule has 0 bridgehead atoms. The summed E-state index contributed by atoms with van der Waals surface area (Å²) in [5.74, 6) is 1.63. The van der Waals surface area contributed by atoms with Crippen molar-refractivity contribution in [3.8, 4) is 23.1 Å². The summed E-state index contributed by atoms with van der Waals surface area (Å²) in [6.45, 7) is 0. The van der Waals surface area contributed by atoms with Crippen LogP contribution >= 0.6 is 0 Å². The summed E-state index contributed by atoms with van der Waals surface area (Å²) < 4.78 is 15.8. The van der Waals surface area contributed by atoms with Crippen LogP contribution in [0.2, 0.25) is 0 Å². The molecule has 2 aromatic rings. The van der Waals surface area contributed by atoms with Gasteiger partial charge in [0.1, 0.15) is 35.0 Å². The van der Waals surface area contributed by atoms with Crippen molar-refractivity contribution in [1.29, 1.82) is 0 Å². The predicted octanol–water partition coefficient (Wildman–Crippen LogP) is 1.68. The number of nitrogens with two attached hydrogens (primary N) is 1. The van der Waals surface area contributed by atoms with E-state index in [1.54, 1.807) is 18.2 Å². The van der Waals surface area contributed by atoms with Gasteiger partial charge in [0.25, 0.3) is 0 Å². The number of carbonyl (C=O) groups is 1. The number of rotatable bonds is 5. The van der Waals surface area contributed by atoms with E-state index in [9.17, 15) is 4.79 Å². The number of anilines is 1. The van der Waals surface area contributed by atoms with Gasteiger partial charge in [-0.05, 0) is 0 Å². The van der Waals surface area contributed by atoms with Gasteiger partial charge in [0.05, 0.1) is 14.2 Å². The molecule has 2 rings (SSSR count). The number of carbonyl (C=O) groups excluding carboxylic acids is 1. The normalized spacial score (nSPS) is 9.90. The van der Waals surface area contributed by atoms with Crippen molar-refractivity contribution in [2.45, 2.75) is 0 Å². The van der Waals surface area contributed by atoms with Gasteiger partial charge < -0.3 is 19.9 Å². The van der Waals surface area contributed by atoms with Crippen LogP contribution in [0.1, 0.15) is 10.4 Å². The van der Waals surface area contributed by atoms with Crippen molar-refractivity contribution in [2.24, 2.45) is 0 Å². The molecule has 1 aromatic heterocycles. The van der Waals surface area contributed by atoms with Crippen molar-refractivity contribution in [2.75, 3.05) is 20.0 Å². The van der Waals surface area contributed by atoms with Gasteiger partial charge in [0.2, 0.25) is 5.88 Å². The smallest absolute Gasteiger partial charge is 0.235 e. The zero-order valence-electron chi connectivity index (χ0n) is 11.0. The summed E-state index contributed by atoms with van der Waals surface area (Å²) in [7, 11) is 3.05. The molecule has 1 heterocycles. The molecule has 7 heteroatoms. The quantitative estimate of drug-likeness (QED) is 0.829. The fourth-order valence-corrected chi connectivity index (χ4v) is 1.54. The number of aldehydes is 1. The van der Waals surface area contributed by atoms with Gasteiger partial charge in [0, 0.05) is 18.2 Å². The van der Waals surface area contributed by atoms with Crippen LogP contribution in [0.4, 0.5) is 5.82 Å². The van der Waals surface area contributed by atoms with E-state index < -0.39 is 0 Å². The summed E-state index contributed by atoms with van der Waals surface area (Å²) in [6, 6.07) is 4.96. The third kappa shape index (κ3) is 2.77. The first-order valence-electron chi connectivity index (χ1n) is 5.64. The van der Waals surface area contributed by atoms with Crippen LogP contribution < -0.4 is 19.9 Å². The molecule has 0 amide bonds. The van der Waals surface area contributed by atoms with E-state index >= 15 is 0 Å². The molecule has 0 radical (unpaired) electrons. The van der Waals surface area contributed by atoms with Gasteiger partial charge in [-0.1, -0.05) is 0 Å². The fraction of sp³-hybridized carbons (Fsp3) is 0.154. The number of hydrogen-bond donors (Lipinski definition) is 1. The summed E-state index contributed by atoms with van der Waals surface area (Å²) in [5.41, 5.74) is 5.68. The first kappa shape index (κ1) is 13.6. The van der Waals surface area contributed by atoms with E-state index in [-0.39, 0.29) is 17.3 Å². The van der Waals surface area contributed by atoms with E-state index in [0.29, 0.717) is 23.5 Å². The highest BCUT2D eigenvalue weighted by Crippen LogP contribution is 2.31. The average molecular weight is 275 g/mol. The molecule has 0 unspecified atom stereocenters. The van der Waals surface area contributed by atoms with Crippen molar-refractivity contribution >= 4 is 12.1 Å². The molecular formula is C13H13N3O4. The first-order valence-corrected chi connectivity index (χ1v) is 5.64. The summed E-state index contributed by atoms with van der Waals surface area (Å²) in [6.07, 6.45) is 1.76. The molecule has 0 aliphatic heterocycles. The summed E-state index contributed by atoms with van der Waals surface area (Å²) in [4.78, 5) is 18.6. The van der Waals surface area contributed by atoms with Crippen LogP contribution in [0.25, 0.3) is 0 Å². The maximum atomic E-state index is 11.0. The molecule has 0 saturated carbocycles. The highest BCUT2D eigenvalue weighted by Gasteiger charge is 2.12. The van der Waals surface area contributed by atoms with Gasteiger partial charge in [0.15, 0.2) is 6.29 Å². The Morgan fingerprint density at radius 3 is 2.20 bits per heavy atom. The Bertz CT molecular complexity index is 609. The second kappa shape index (κ2) is 5.87. The lowest BCUT2D eigenvalue weighted by Crippen LogP contribution is -2.02. The number of aromatic nitrogens is 2. The van der Waals surface area contributed by atoms with Crippen LogP contribution in [-0.2, 0) is 0 Å². The number of nitrogen functional groups attached to an aromatic ring is 1. The molecule has 0 atom stereocenters. The van der Waals surface area contributed by atoms with Gasteiger partial charge in [-0.3, -0.25) is 4.79 Å². The lowest BCUT2D eigenvalue weighted by Gasteiger charge is -2.10. The highest BCUT2D eigenvalue weighted by molar-refractivity contribution is 5.84. The van der Waals surface area contributed by atoms with Crippen molar-refractivity contribution in [1.82, 2.24) is 9.97 Å². The number of methoxy groups -OCH3 is 2. The molecule has 0 saturated heterocycles. The average Bonchev–Trinajstić information content (AvgIpc) is 2.47. The number of nitrogens with zero attached hydrogens (tertiary/aromatic N) is 2. The van der Waals surface area contributed by atoms with Crippen LogP contribution in [0, 0.1) is 0 Å². The Hall–Kier alpha value is -2.83. The number of benzene rings is 1. The SMILES string of the molecule is COc1cc(OC)cc(Oc2ncnc(N)c2C=O)c1. The van der Waals surface area contributed by atoms with E-state index in [0.717, 1.165) is 0 Å². The van der Waals surface area contributed by atoms with E-state index in [4.69, 9.17) is 19.9 Å². The third-order valence-electron chi connectivity index (χ3n) is 2.54. The van der Waals surface area contributed by atoms with Crippen LogP contribution in [0.15, 0.2) is 24.5 Å². The zero-order chi connectivity index (χ0) is 14.5. The van der Waals surface area contributed by atoms with Crippen LogP contribution in [-0.4, -0.2) is 30.5 Å². The maximum Gasteiger partial charge on any atom is 0.235 e. The molecule has 0 aliphatic rings. The Labute approximate surface area is 115 Å². The third-order valence-corrected chi connectivity index (χ3v) is 2.54. The Morgan fingerprint density at radius 2 is 1.65 bits per heavy atom. The predicted molar refractivity (Wildman–Crippen MR) is 71.5 cm³/mol. The minimum absolute atomic E-state index is 0.0554. The van der Waals surface area contributed by atoms with E-state index in [1.165, 1.54) is 20.5 Å². The molecule has 1 aromatic carbocycles. The first-order chi connectivity index (χ1) is 9.67. The van der Waals surface area contributed by atoms with Crippen molar-refractivity contribution < 1.29 is 19.0 Å². The largest absolute Gasteiger partial charge is 0.496 e. The minimum atomic E-state index is 0.0554. The summed E-state index contributed by atoms with van der Waals surface area (Å²) in [5, 5.41) is 0. The monoisotopic (exact) mass is 275 g/mol. The van der Waals surface area contributed by atoms with Crippen LogP contribution in [0.3, 0.4) is 0 Å². The molecule has 7 nitrogen and oxygen atoms in total. The topological polar surface area (TPSA) is 96.6 Å². The molecule has 0 aliphatic carbocycles. The molecule has 0 fully saturated rings. The fourth-order valence-electron chi connectivity index (χ4n) is 1.54. The standard InChI is InChI=1S/C13H13N3O4/c1-18-8-3-9(19-2)5-10(4-8)20-13-11(6-17)12(14)15-7-16-13/h3-7H,1-2H3,(H2,14,15,16). The second-order valence-corrected chi connectivity index (χ2v) is 3.75. The number of ether oxygens (including phenoxy) is 3. The number of hydrogen-bond acceptors (Lipinski definition) is 7. The molecule has 0 spiro atoms. The van der Waals surface area contributed by atoms with Crippen molar-refractivity contribution in [3.63, 3.8) is 0 Å². The Balaban J connectivity index is 2.39. The second-order valence-electron chi connectivity index (χ2n) is 3.75. The van der Waals surface area contributed by atoms with Crippen molar-refractivity contribution in [3.05, 3.63) is 30.1 Å². The Kier molecular flexibility index (Phi) is 3.99. The van der Waals surface area contributed by atoms with E-state index in [1.807, 2.05) is 0 Å². The van der Waals surface area contributed by atoms with Gasteiger partial charge in [-0.2, -0.15) is 0 Å². The minimum Gasteiger partial charge on any atom is -0.496 e.